The Morgan fingerprint density at radius 2 is 2.00 bits per heavy atom. The van der Waals surface area contributed by atoms with Gasteiger partial charge in [-0.25, -0.2) is 4.79 Å². The number of carboxylic acid groups (broad SMARTS) is 1. The molecule has 1 aromatic rings. The van der Waals surface area contributed by atoms with E-state index >= 15 is 0 Å². The fourth-order valence-corrected chi connectivity index (χ4v) is 1.94. The van der Waals surface area contributed by atoms with Gasteiger partial charge >= 0.3 is 6.09 Å². The predicted octanol–water partition coefficient (Wildman–Crippen LogP) is 3.28. The highest BCUT2D eigenvalue weighted by atomic mass is 16.4. The summed E-state index contributed by atoms with van der Waals surface area (Å²) in [5.41, 5.74) is 1.93. The van der Waals surface area contributed by atoms with Crippen molar-refractivity contribution in [3.63, 3.8) is 0 Å². The van der Waals surface area contributed by atoms with Crippen LogP contribution in [0.25, 0.3) is 0 Å². The van der Waals surface area contributed by atoms with Crippen LogP contribution in [0.4, 0.5) is 4.79 Å². The van der Waals surface area contributed by atoms with Crippen molar-refractivity contribution in [1.29, 1.82) is 0 Å². The van der Waals surface area contributed by atoms with E-state index in [0.29, 0.717) is 12.1 Å². The molecule has 0 saturated heterocycles. The molecule has 0 unspecified atom stereocenters. The van der Waals surface area contributed by atoms with Crippen molar-refractivity contribution in [1.82, 2.24) is 4.90 Å². The molecule has 1 aromatic carbocycles. The Kier molecular flexibility index (Phi) is 3.47. The van der Waals surface area contributed by atoms with Crippen molar-refractivity contribution in [2.45, 2.75) is 31.7 Å². The summed E-state index contributed by atoms with van der Waals surface area (Å²) in [6.45, 7) is 3.90. The van der Waals surface area contributed by atoms with Gasteiger partial charge in [0, 0.05) is 11.7 Å². The highest BCUT2D eigenvalue weighted by Gasteiger charge is 2.33. The minimum Gasteiger partial charge on any atom is -0.465 e. The summed E-state index contributed by atoms with van der Waals surface area (Å²) in [5, 5.41) is 9.12. The third kappa shape index (κ3) is 3.09. The SMILES string of the molecule is C=C(CCc1ccccc1)N(C(=O)O)C1CC1. The van der Waals surface area contributed by atoms with E-state index in [0.717, 1.165) is 19.3 Å². The number of rotatable bonds is 5. The summed E-state index contributed by atoms with van der Waals surface area (Å²) in [6.07, 6.45) is 2.61. The summed E-state index contributed by atoms with van der Waals surface area (Å²) < 4.78 is 0. The summed E-state index contributed by atoms with van der Waals surface area (Å²) >= 11 is 0. The molecular weight excluding hydrogens is 214 g/mol. The molecule has 0 heterocycles. The highest BCUT2D eigenvalue weighted by molar-refractivity contribution is 5.68. The second-order valence-corrected chi connectivity index (χ2v) is 4.44. The normalized spacial score (nSPS) is 14.4. The highest BCUT2D eigenvalue weighted by Crippen LogP contribution is 2.30. The molecule has 1 aliphatic rings. The predicted molar refractivity (Wildman–Crippen MR) is 66.8 cm³/mol. The van der Waals surface area contributed by atoms with Crippen LogP contribution in [0.5, 0.6) is 0 Å². The van der Waals surface area contributed by atoms with Gasteiger partial charge < -0.3 is 5.11 Å². The van der Waals surface area contributed by atoms with Crippen LogP contribution in [0.15, 0.2) is 42.6 Å². The number of benzene rings is 1. The molecule has 17 heavy (non-hydrogen) atoms. The lowest BCUT2D eigenvalue weighted by molar-refractivity contribution is 0.155. The minimum absolute atomic E-state index is 0.177. The van der Waals surface area contributed by atoms with Crippen molar-refractivity contribution in [2.24, 2.45) is 0 Å². The number of allylic oxidation sites excluding steroid dienone is 1. The van der Waals surface area contributed by atoms with Gasteiger partial charge in [-0.3, -0.25) is 4.90 Å². The molecule has 3 heteroatoms. The van der Waals surface area contributed by atoms with Gasteiger partial charge in [0.1, 0.15) is 0 Å². The molecule has 1 fully saturated rings. The number of aryl methyl sites for hydroxylation is 1. The number of hydrogen-bond acceptors (Lipinski definition) is 1. The Labute approximate surface area is 101 Å². The number of carbonyl (C=O) groups is 1. The summed E-state index contributed by atoms with van der Waals surface area (Å²) in [5.74, 6) is 0. The zero-order chi connectivity index (χ0) is 12.3. The van der Waals surface area contributed by atoms with Crippen LogP contribution >= 0.6 is 0 Å². The standard InChI is InChI=1S/C14H17NO2/c1-11(15(14(16)17)13-9-10-13)7-8-12-5-3-2-4-6-12/h2-6,13H,1,7-10H2,(H,16,17). The van der Waals surface area contributed by atoms with Gasteiger partial charge in [0.2, 0.25) is 0 Å². The Balaban J connectivity index is 1.90. The van der Waals surface area contributed by atoms with Crippen molar-refractivity contribution in [3.05, 3.63) is 48.2 Å². The van der Waals surface area contributed by atoms with Gasteiger partial charge in [-0.05, 0) is 31.2 Å². The van der Waals surface area contributed by atoms with Crippen molar-refractivity contribution in [2.75, 3.05) is 0 Å². The molecule has 3 nitrogen and oxygen atoms in total. The number of hydrogen-bond donors (Lipinski definition) is 1. The molecule has 0 atom stereocenters. The first kappa shape index (κ1) is 11.7. The lowest BCUT2D eigenvalue weighted by Crippen LogP contribution is -2.30. The molecular formula is C14H17NO2. The van der Waals surface area contributed by atoms with E-state index in [4.69, 9.17) is 5.11 Å². The van der Waals surface area contributed by atoms with E-state index in [2.05, 4.69) is 18.7 Å². The van der Waals surface area contributed by atoms with E-state index in [1.807, 2.05) is 18.2 Å². The van der Waals surface area contributed by atoms with Gasteiger partial charge in [0.25, 0.3) is 0 Å². The molecule has 0 spiro atoms. The van der Waals surface area contributed by atoms with E-state index in [1.165, 1.54) is 10.5 Å². The van der Waals surface area contributed by atoms with Gasteiger partial charge in [0.15, 0.2) is 0 Å². The minimum atomic E-state index is -0.870. The van der Waals surface area contributed by atoms with Crippen LogP contribution < -0.4 is 0 Å². The molecule has 0 radical (unpaired) electrons. The fourth-order valence-electron chi connectivity index (χ4n) is 1.94. The van der Waals surface area contributed by atoms with Gasteiger partial charge in [-0.15, -0.1) is 0 Å². The van der Waals surface area contributed by atoms with Crippen LogP contribution in [0, 0.1) is 0 Å². The second kappa shape index (κ2) is 5.04. The third-order valence-corrected chi connectivity index (χ3v) is 3.00. The van der Waals surface area contributed by atoms with Crippen LogP contribution in [-0.4, -0.2) is 22.1 Å². The molecule has 2 rings (SSSR count). The maximum Gasteiger partial charge on any atom is 0.411 e. The largest absolute Gasteiger partial charge is 0.465 e. The van der Waals surface area contributed by atoms with E-state index < -0.39 is 6.09 Å². The van der Waals surface area contributed by atoms with Gasteiger partial charge in [0.05, 0.1) is 0 Å². The maximum atomic E-state index is 11.1. The van der Waals surface area contributed by atoms with E-state index in [9.17, 15) is 4.79 Å². The van der Waals surface area contributed by atoms with Crippen LogP contribution in [0.2, 0.25) is 0 Å². The first-order chi connectivity index (χ1) is 8.18. The van der Waals surface area contributed by atoms with Gasteiger partial charge in [-0.1, -0.05) is 36.9 Å². The van der Waals surface area contributed by atoms with Gasteiger partial charge in [-0.2, -0.15) is 0 Å². The molecule has 1 N–H and O–H groups in total. The Morgan fingerprint density at radius 1 is 1.35 bits per heavy atom. The first-order valence-electron chi connectivity index (χ1n) is 5.92. The van der Waals surface area contributed by atoms with E-state index in [1.54, 1.807) is 0 Å². The molecule has 0 bridgehead atoms. The van der Waals surface area contributed by atoms with E-state index in [-0.39, 0.29) is 6.04 Å². The molecule has 1 saturated carbocycles. The monoisotopic (exact) mass is 231 g/mol. The zero-order valence-corrected chi connectivity index (χ0v) is 9.80. The topological polar surface area (TPSA) is 40.5 Å². The zero-order valence-electron chi connectivity index (χ0n) is 9.80. The van der Waals surface area contributed by atoms with Crippen molar-refractivity contribution < 1.29 is 9.90 Å². The smallest absolute Gasteiger partial charge is 0.411 e. The van der Waals surface area contributed by atoms with Crippen LogP contribution in [-0.2, 0) is 6.42 Å². The summed E-state index contributed by atoms with van der Waals surface area (Å²) in [6, 6.07) is 10.2. The summed E-state index contributed by atoms with van der Waals surface area (Å²) in [4.78, 5) is 12.5. The molecule has 0 aliphatic heterocycles. The average molecular weight is 231 g/mol. The lowest BCUT2D eigenvalue weighted by Gasteiger charge is -2.21. The Bertz CT molecular complexity index is 409. The Morgan fingerprint density at radius 3 is 2.53 bits per heavy atom. The molecule has 0 aromatic heterocycles. The molecule has 90 valence electrons. The number of nitrogens with zero attached hydrogens (tertiary/aromatic N) is 1. The third-order valence-electron chi connectivity index (χ3n) is 3.00. The molecule has 1 amide bonds. The van der Waals surface area contributed by atoms with Crippen molar-refractivity contribution >= 4 is 6.09 Å². The average Bonchev–Trinajstić information content (AvgIpc) is 3.12. The summed E-state index contributed by atoms with van der Waals surface area (Å²) in [7, 11) is 0. The van der Waals surface area contributed by atoms with Crippen LogP contribution in [0.3, 0.4) is 0 Å². The van der Waals surface area contributed by atoms with Crippen LogP contribution in [0.1, 0.15) is 24.8 Å². The fraction of sp³-hybridized carbons (Fsp3) is 0.357. The Hall–Kier alpha value is -1.77. The number of amides is 1. The van der Waals surface area contributed by atoms with Crippen molar-refractivity contribution in [3.8, 4) is 0 Å². The maximum absolute atomic E-state index is 11.1. The molecule has 1 aliphatic carbocycles. The quantitative estimate of drug-likeness (QED) is 0.844. The second-order valence-electron chi connectivity index (χ2n) is 4.44. The first-order valence-corrected chi connectivity index (χ1v) is 5.92. The lowest BCUT2D eigenvalue weighted by atomic mass is 10.1.